The van der Waals surface area contributed by atoms with Gasteiger partial charge in [-0.25, -0.2) is 0 Å². The van der Waals surface area contributed by atoms with Crippen LogP contribution in [0.5, 0.6) is 5.75 Å². The predicted octanol–water partition coefficient (Wildman–Crippen LogP) is 0.817. The van der Waals surface area contributed by atoms with E-state index in [1.165, 1.54) is 12.4 Å². The summed E-state index contributed by atoms with van der Waals surface area (Å²) in [6.45, 7) is 1.95. The van der Waals surface area contributed by atoms with Crippen LogP contribution in [0, 0.1) is 18.3 Å². The molecule has 0 aliphatic heterocycles. The molecule has 8 heteroatoms. The van der Waals surface area contributed by atoms with Crippen molar-refractivity contribution in [2.75, 3.05) is 12.3 Å². The molecular weight excluding hydrogens is 296 g/mol. The fraction of sp³-hybridized carbons (Fsp3) is 0.333. The standard InChI is InChI=1S/C15H18N6O2/c1-9-14(23)12(10(8-22)6-19-9)7-18-4-2-3-13-11(5-16)15(17)21-20-13/h6-7,22-23H,2-4,8H2,1H3,(H3,17,20,21). The molecule has 0 aliphatic carbocycles. The number of aromatic amines is 1. The Balaban J connectivity index is 1.98. The predicted molar refractivity (Wildman–Crippen MR) is 85.1 cm³/mol. The van der Waals surface area contributed by atoms with Crippen molar-refractivity contribution in [1.82, 2.24) is 15.2 Å². The number of hydrogen-bond donors (Lipinski definition) is 4. The van der Waals surface area contributed by atoms with E-state index in [1.54, 1.807) is 6.92 Å². The van der Waals surface area contributed by atoms with Crippen LogP contribution >= 0.6 is 0 Å². The quantitative estimate of drug-likeness (QED) is 0.459. The number of aliphatic hydroxyl groups is 1. The van der Waals surface area contributed by atoms with E-state index in [1.807, 2.05) is 6.07 Å². The first kappa shape index (κ1) is 16.5. The maximum atomic E-state index is 9.99. The Hall–Kier alpha value is -2.92. The number of nitrogen functional groups attached to an aromatic ring is 1. The van der Waals surface area contributed by atoms with Gasteiger partial charge in [-0.3, -0.25) is 15.1 Å². The molecular formula is C15H18N6O2. The Labute approximate surface area is 133 Å². The Bertz CT molecular complexity index is 760. The fourth-order valence-corrected chi connectivity index (χ4v) is 2.13. The van der Waals surface area contributed by atoms with Gasteiger partial charge in [-0.1, -0.05) is 0 Å². The summed E-state index contributed by atoms with van der Waals surface area (Å²) < 4.78 is 0. The van der Waals surface area contributed by atoms with Gasteiger partial charge in [0.15, 0.2) is 5.82 Å². The third kappa shape index (κ3) is 3.64. The number of nitrogens with one attached hydrogen (secondary N) is 1. The first-order chi connectivity index (χ1) is 11.1. The summed E-state index contributed by atoms with van der Waals surface area (Å²) in [5.41, 5.74) is 8.11. The second-order valence-electron chi connectivity index (χ2n) is 5.00. The molecule has 0 saturated heterocycles. The number of anilines is 1. The van der Waals surface area contributed by atoms with Crippen LogP contribution in [0.1, 0.15) is 34.5 Å². The number of rotatable bonds is 6. The number of nitrogens with two attached hydrogens (primary N) is 1. The maximum Gasteiger partial charge on any atom is 0.163 e. The number of aliphatic hydroxyl groups excluding tert-OH is 1. The lowest BCUT2D eigenvalue weighted by Gasteiger charge is -2.06. The summed E-state index contributed by atoms with van der Waals surface area (Å²) in [7, 11) is 0. The molecule has 0 unspecified atom stereocenters. The van der Waals surface area contributed by atoms with Gasteiger partial charge in [0.1, 0.15) is 17.4 Å². The third-order valence-corrected chi connectivity index (χ3v) is 3.44. The van der Waals surface area contributed by atoms with E-state index >= 15 is 0 Å². The number of aryl methyl sites for hydroxylation is 2. The van der Waals surface area contributed by atoms with E-state index < -0.39 is 0 Å². The Morgan fingerprint density at radius 3 is 3.00 bits per heavy atom. The van der Waals surface area contributed by atoms with Gasteiger partial charge in [0.25, 0.3) is 0 Å². The summed E-state index contributed by atoms with van der Waals surface area (Å²) in [6, 6.07) is 2.01. The maximum absolute atomic E-state index is 9.99. The summed E-state index contributed by atoms with van der Waals surface area (Å²) in [5, 5.41) is 34.8. The average Bonchev–Trinajstić information content (AvgIpc) is 2.91. The van der Waals surface area contributed by atoms with Gasteiger partial charge in [0, 0.05) is 30.1 Å². The lowest BCUT2D eigenvalue weighted by atomic mass is 10.1. The molecule has 2 aromatic heterocycles. The highest BCUT2D eigenvalue weighted by Gasteiger charge is 2.10. The van der Waals surface area contributed by atoms with E-state index in [-0.39, 0.29) is 18.2 Å². The highest BCUT2D eigenvalue weighted by atomic mass is 16.3. The van der Waals surface area contributed by atoms with Crippen molar-refractivity contribution in [2.24, 2.45) is 4.99 Å². The van der Waals surface area contributed by atoms with Crippen molar-refractivity contribution in [2.45, 2.75) is 26.4 Å². The van der Waals surface area contributed by atoms with Gasteiger partial charge in [0.05, 0.1) is 18.0 Å². The number of aliphatic imine (C=N–C) groups is 1. The molecule has 0 amide bonds. The van der Waals surface area contributed by atoms with Crippen molar-refractivity contribution in [3.05, 3.63) is 34.3 Å². The Morgan fingerprint density at radius 2 is 2.30 bits per heavy atom. The Kier molecular flexibility index (Phi) is 5.28. The minimum Gasteiger partial charge on any atom is -0.505 e. The SMILES string of the molecule is Cc1ncc(CO)c(C=NCCCc2[nH]nc(N)c2C#N)c1O. The monoisotopic (exact) mass is 314 g/mol. The topological polar surface area (TPSA) is 144 Å². The van der Waals surface area contributed by atoms with Crippen molar-refractivity contribution >= 4 is 12.0 Å². The number of H-pyrrole nitrogens is 1. The zero-order chi connectivity index (χ0) is 16.8. The van der Waals surface area contributed by atoms with Crippen molar-refractivity contribution in [1.29, 1.82) is 5.26 Å². The molecule has 2 rings (SSSR count). The largest absolute Gasteiger partial charge is 0.505 e. The minimum absolute atomic E-state index is 0.0217. The van der Waals surface area contributed by atoms with E-state index in [4.69, 9.17) is 11.0 Å². The van der Waals surface area contributed by atoms with Crippen LogP contribution in [0.4, 0.5) is 5.82 Å². The lowest BCUT2D eigenvalue weighted by Crippen LogP contribution is -1.99. The van der Waals surface area contributed by atoms with Crippen LogP contribution in [0.25, 0.3) is 0 Å². The highest BCUT2D eigenvalue weighted by molar-refractivity contribution is 5.85. The molecule has 0 spiro atoms. The van der Waals surface area contributed by atoms with Gasteiger partial charge < -0.3 is 15.9 Å². The van der Waals surface area contributed by atoms with E-state index in [0.717, 1.165) is 0 Å². The molecule has 0 radical (unpaired) electrons. The molecule has 120 valence electrons. The third-order valence-electron chi connectivity index (χ3n) is 3.44. The van der Waals surface area contributed by atoms with Crippen LogP contribution in [-0.2, 0) is 13.0 Å². The van der Waals surface area contributed by atoms with Crippen LogP contribution in [0.2, 0.25) is 0 Å². The number of nitriles is 1. The second kappa shape index (κ2) is 7.38. The van der Waals surface area contributed by atoms with Crippen molar-refractivity contribution < 1.29 is 10.2 Å². The highest BCUT2D eigenvalue weighted by Crippen LogP contribution is 2.22. The first-order valence-corrected chi connectivity index (χ1v) is 7.09. The molecule has 2 aromatic rings. The minimum atomic E-state index is -0.221. The normalized spacial score (nSPS) is 11.0. The number of aromatic hydroxyl groups is 1. The zero-order valence-electron chi connectivity index (χ0n) is 12.7. The van der Waals surface area contributed by atoms with Gasteiger partial charge in [-0.15, -0.1) is 0 Å². The van der Waals surface area contributed by atoms with Crippen LogP contribution in [-0.4, -0.2) is 38.2 Å². The molecule has 0 aliphatic rings. The summed E-state index contributed by atoms with van der Waals surface area (Å²) in [6.07, 6.45) is 4.33. The molecule has 0 saturated carbocycles. The molecule has 23 heavy (non-hydrogen) atoms. The summed E-state index contributed by atoms with van der Waals surface area (Å²) in [5.74, 6) is 0.226. The van der Waals surface area contributed by atoms with E-state index in [2.05, 4.69) is 20.2 Å². The van der Waals surface area contributed by atoms with E-state index in [0.29, 0.717) is 47.5 Å². The summed E-state index contributed by atoms with van der Waals surface area (Å²) in [4.78, 5) is 8.25. The van der Waals surface area contributed by atoms with Crippen LogP contribution in [0.15, 0.2) is 11.2 Å². The molecule has 0 fully saturated rings. The molecule has 8 nitrogen and oxygen atoms in total. The van der Waals surface area contributed by atoms with Crippen LogP contribution < -0.4 is 5.73 Å². The fourth-order valence-electron chi connectivity index (χ4n) is 2.13. The number of aromatic nitrogens is 3. The average molecular weight is 314 g/mol. The molecule has 0 atom stereocenters. The van der Waals surface area contributed by atoms with Crippen molar-refractivity contribution in [3.8, 4) is 11.8 Å². The van der Waals surface area contributed by atoms with Gasteiger partial charge in [-0.2, -0.15) is 10.4 Å². The number of nitrogens with zero attached hydrogens (tertiary/aromatic N) is 4. The molecule has 0 aromatic carbocycles. The van der Waals surface area contributed by atoms with Crippen molar-refractivity contribution in [3.63, 3.8) is 0 Å². The van der Waals surface area contributed by atoms with Gasteiger partial charge in [-0.05, 0) is 19.8 Å². The second-order valence-corrected chi connectivity index (χ2v) is 5.00. The number of pyridine rings is 1. The molecule has 5 N–H and O–H groups in total. The number of hydrogen-bond acceptors (Lipinski definition) is 7. The lowest BCUT2D eigenvalue weighted by molar-refractivity contribution is 0.280. The molecule has 0 bridgehead atoms. The smallest absolute Gasteiger partial charge is 0.163 e. The molecule has 2 heterocycles. The first-order valence-electron chi connectivity index (χ1n) is 7.09. The van der Waals surface area contributed by atoms with Gasteiger partial charge in [0.2, 0.25) is 0 Å². The Morgan fingerprint density at radius 1 is 1.52 bits per heavy atom. The van der Waals surface area contributed by atoms with E-state index in [9.17, 15) is 10.2 Å². The zero-order valence-corrected chi connectivity index (χ0v) is 12.7. The summed E-state index contributed by atoms with van der Waals surface area (Å²) >= 11 is 0. The van der Waals surface area contributed by atoms with Gasteiger partial charge >= 0.3 is 0 Å². The van der Waals surface area contributed by atoms with Crippen LogP contribution in [0.3, 0.4) is 0 Å².